The molecule has 2 rings (SSSR count). The van der Waals surface area contributed by atoms with E-state index in [-0.39, 0.29) is 30.5 Å². The average molecular weight is 298 g/mol. The fraction of sp³-hybridized carbons (Fsp3) is 0.667. The largest absolute Gasteiger partial charge is 0.508 e. The number of allylic oxidation sites excluding steroid dienone is 2. The summed E-state index contributed by atoms with van der Waals surface area (Å²) in [5.41, 5.74) is 1.64. The van der Waals surface area contributed by atoms with Crippen LogP contribution in [0.3, 0.4) is 0 Å². The van der Waals surface area contributed by atoms with Gasteiger partial charge < -0.3 is 25.2 Å². The number of carboxylic acid groups (broad SMARTS) is 1. The first kappa shape index (κ1) is 15.9. The van der Waals surface area contributed by atoms with E-state index < -0.39 is 23.9 Å². The van der Waals surface area contributed by atoms with Crippen molar-refractivity contribution in [3.05, 3.63) is 22.7 Å². The predicted molar refractivity (Wildman–Crippen MR) is 74.9 cm³/mol. The van der Waals surface area contributed by atoms with Crippen molar-refractivity contribution in [1.82, 2.24) is 0 Å². The monoisotopic (exact) mass is 298 g/mol. The van der Waals surface area contributed by atoms with E-state index in [0.29, 0.717) is 12.8 Å². The molecule has 1 saturated carbocycles. The van der Waals surface area contributed by atoms with Gasteiger partial charge >= 0.3 is 5.97 Å². The maximum Gasteiger partial charge on any atom is 0.309 e. The summed E-state index contributed by atoms with van der Waals surface area (Å²) in [6.07, 6.45) is -0.0440. The van der Waals surface area contributed by atoms with Gasteiger partial charge in [-0.05, 0) is 19.3 Å². The molecule has 0 aromatic heterocycles. The number of methoxy groups -OCH3 is 1. The van der Waals surface area contributed by atoms with Crippen molar-refractivity contribution in [2.24, 2.45) is 11.8 Å². The topological polar surface area (TPSA) is 107 Å². The van der Waals surface area contributed by atoms with Gasteiger partial charge in [-0.3, -0.25) is 4.79 Å². The number of aliphatic carboxylic acids is 1. The molecule has 0 aliphatic heterocycles. The molecule has 4 atom stereocenters. The molecular formula is C15H22O6. The summed E-state index contributed by atoms with van der Waals surface area (Å²) in [7, 11) is 1.54. The van der Waals surface area contributed by atoms with Gasteiger partial charge in [-0.1, -0.05) is 11.1 Å². The first-order valence-corrected chi connectivity index (χ1v) is 7.07. The number of hydrogen-bond acceptors (Lipinski definition) is 5. The lowest BCUT2D eigenvalue weighted by molar-refractivity contribution is -0.153. The Balaban J connectivity index is 2.33. The van der Waals surface area contributed by atoms with Crippen LogP contribution in [0.4, 0.5) is 0 Å². The molecule has 0 bridgehead atoms. The number of carboxylic acids is 1. The first-order valence-electron chi connectivity index (χ1n) is 7.07. The highest BCUT2D eigenvalue weighted by atomic mass is 16.5. The number of hydrogen-bond donors (Lipinski definition) is 4. The Bertz CT molecular complexity index is 492. The van der Waals surface area contributed by atoms with Crippen LogP contribution in [-0.4, -0.2) is 45.7 Å². The zero-order valence-corrected chi connectivity index (χ0v) is 12.2. The molecule has 118 valence electrons. The minimum atomic E-state index is -1.04. The Hall–Kier alpha value is -1.53. The van der Waals surface area contributed by atoms with E-state index in [0.717, 1.165) is 11.1 Å². The molecule has 0 aromatic rings. The third-order valence-corrected chi connectivity index (χ3v) is 4.61. The smallest absolute Gasteiger partial charge is 0.309 e. The molecule has 4 unspecified atom stereocenters. The number of ether oxygens (including phenoxy) is 1. The van der Waals surface area contributed by atoms with Gasteiger partial charge in [0.25, 0.3) is 0 Å². The minimum Gasteiger partial charge on any atom is -0.508 e. The molecule has 6 heteroatoms. The summed E-state index contributed by atoms with van der Waals surface area (Å²) < 4.78 is 5.29. The molecule has 4 N–H and O–H groups in total. The van der Waals surface area contributed by atoms with Gasteiger partial charge in [-0.25, -0.2) is 0 Å². The molecule has 0 spiro atoms. The summed E-state index contributed by atoms with van der Waals surface area (Å²) in [4.78, 5) is 11.5. The number of aliphatic hydroxyl groups is 3. The van der Waals surface area contributed by atoms with Crippen molar-refractivity contribution in [1.29, 1.82) is 0 Å². The summed E-state index contributed by atoms with van der Waals surface area (Å²) >= 11 is 0. The van der Waals surface area contributed by atoms with Gasteiger partial charge in [-0.2, -0.15) is 0 Å². The van der Waals surface area contributed by atoms with Crippen LogP contribution >= 0.6 is 0 Å². The van der Waals surface area contributed by atoms with Crippen LogP contribution in [-0.2, 0) is 9.53 Å². The Morgan fingerprint density at radius 3 is 2.38 bits per heavy atom. The molecule has 0 amide bonds. The number of aliphatic hydroxyl groups excluding tert-OH is 3. The van der Waals surface area contributed by atoms with Crippen molar-refractivity contribution >= 4 is 5.97 Å². The third-order valence-electron chi connectivity index (χ3n) is 4.61. The predicted octanol–water partition coefficient (Wildman–Crippen LogP) is 1.91. The lowest BCUT2D eigenvalue weighted by Crippen LogP contribution is -2.44. The SMILES string of the molecule is COC1CC(O)C(C(=O)O)C(C2=C(C)CC(O)=C(O)C2)C1. The molecule has 0 saturated heterocycles. The van der Waals surface area contributed by atoms with E-state index in [1.54, 1.807) is 7.11 Å². The number of carbonyl (C=O) groups is 1. The second-order valence-electron chi connectivity index (χ2n) is 5.92. The van der Waals surface area contributed by atoms with Crippen LogP contribution in [0.2, 0.25) is 0 Å². The Morgan fingerprint density at radius 2 is 1.81 bits per heavy atom. The summed E-state index contributed by atoms with van der Waals surface area (Å²) in [5, 5.41) is 38.9. The molecule has 0 heterocycles. The summed E-state index contributed by atoms with van der Waals surface area (Å²) in [6.45, 7) is 1.82. The molecule has 1 fully saturated rings. The lowest BCUT2D eigenvalue weighted by Gasteiger charge is -2.39. The first-order chi connectivity index (χ1) is 9.85. The highest BCUT2D eigenvalue weighted by molar-refractivity contribution is 5.72. The van der Waals surface area contributed by atoms with Crippen molar-refractivity contribution in [3.8, 4) is 0 Å². The van der Waals surface area contributed by atoms with E-state index in [4.69, 9.17) is 4.74 Å². The lowest BCUT2D eigenvalue weighted by atomic mass is 9.69. The highest BCUT2D eigenvalue weighted by Crippen LogP contribution is 2.42. The molecule has 21 heavy (non-hydrogen) atoms. The van der Waals surface area contributed by atoms with Crippen LogP contribution in [0.1, 0.15) is 32.6 Å². The van der Waals surface area contributed by atoms with Crippen molar-refractivity contribution in [3.63, 3.8) is 0 Å². The second-order valence-corrected chi connectivity index (χ2v) is 5.92. The van der Waals surface area contributed by atoms with Gasteiger partial charge in [0.2, 0.25) is 0 Å². The van der Waals surface area contributed by atoms with Gasteiger partial charge in [0.1, 0.15) is 11.5 Å². The Kier molecular flexibility index (Phi) is 4.58. The zero-order valence-electron chi connectivity index (χ0n) is 12.2. The van der Waals surface area contributed by atoms with E-state index in [1.165, 1.54) is 0 Å². The summed E-state index contributed by atoms with van der Waals surface area (Å²) in [6, 6.07) is 0. The number of rotatable bonds is 3. The van der Waals surface area contributed by atoms with Crippen LogP contribution < -0.4 is 0 Å². The van der Waals surface area contributed by atoms with Crippen LogP contribution in [0.15, 0.2) is 22.7 Å². The van der Waals surface area contributed by atoms with Gasteiger partial charge in [0.05, 0.1) is 18.1 Å². The average Bonchev–Trinajstić information content (AvgIpc) is 2.41. The quantitative estimate of drug-likeness (QED) is 0.593. The van der Waals surface area contributed by atoms with Gasteiger partial charge in [0, 0.05) is 26.4 Å². The van der Waals surface area contributed by atoms with Crippen LogP contribution in [0.5, 0.6) is 0 Å². The second kappa shape index (κ2) is 6.07. The Morgan fingerprint density at radius 1 is 1.19 bits per heavy atom. The zero-order chi connectivity index (χ0) is 15.7. The molecule has 0 radical (unpaired) electrons. The normalized spacial score (nSPS) is 34.2. The van der Waals surface area contributed by atoms with Crippen LogP contribution in [0, 0.1) is 11.8 Å². The molecule has 6 nitrogen and oxygen atoms in total. The van der Waals surface area contributed by atoms with Crippen molar-refractivity contribution in [2.75, 3.05) is 7.11 Å². The fourth-order valence-electron chi connectivity index (χ4n) is 3.45. The molecular weight excluding hydrogens is 276 g/mol. The molecule has 2 aliphatic carbocycles. The fourth-order valence-corrected chi connectivity index (χ4v) is 3.45. The van der Waals surface area contributed by atoms with Crippen LogP contribution in [0.25, 0.3) is 0 Å². The summed E-state index contributed by atoms with van der Waals surface area (Å²) in [5.74, 6) is -2.53. The third kappa shape index (κ3) is 3.06. The van der Waals surface area contributed by atoms with E-state index in [1.807, 2.05) is 6.92 Å². The van der Waals surface area contributed by atoms with Crippen molar-refractivity contribution < 1.29 is 30.0 Å². The Labute approximate surface area is 123 Å². The molecule has 2 aliphatic rings. The highest BCUT2D eigenvalue weighted by Gasteiger charge is 2.44. The van der Waals surface area contributed by atoms with Gasteiger partial charge in [-0.15, -0.1) is 0 Å². The van der Waals surface area contributed by atoms with E-state index in [9.17, 15) is 25.2 Å². The van der Waals surface area contributed by atoms with Crippen molar-refractivity contribution in [2.45, 2.75) is 44.8 Å². The minimum absolute atomic E-state index is 0.0669. The maximum atomic E-state index is 11.5. The van der Waals surface area contributed by atoms with E-state index in [2.05, 4.69) is 0 Å². The maximum absolute atomic E-state index is 11.5. The van der Waals surface area contributed by atoms with E-state index >= 15 is 0 Å². The standard InChI is InChI=1S/C15H22O6/c1-7-3-11(16)12(17)6-9(7)10-4-8(21-2)5-13(18)14(10)15(19)20/h8,10,13-14,16-18H,3-6H2,1-2H3,(H,19,20). The molecule has 0 aromatic carbocycles. The van der Waals surface area contributed by atoms with Gasteiger partial charge in [0.15, 0.2) is 0 Å².